The molecule has 0 unspecified atom stereocenters. The number of aromatic nitrogens is 2. The normalized spacial score (nSPS) is 10.3. The highest BCUT2D eigenvalue weighted by Gasteiger charge is 2.16. The first kappa shape index (κ1) is 14.1. The van der Waals surface area contributed by atoms with Crippen LogP contribution in [0.2, 0.25) is 0 Å². The number of hydrogen-bond acceptors (Lipinski definition) is 4. The van der Waals surface area contributed by atoms with Crippen molar-refractivity contribution in [3.05, 3.63) is 47.7 Å². The molecule has 106 valence electrons. The Bertz CT molecular complexity index is 578. The SMILES string of the molecule is CCOC(=O)c1cc(N(C)Cc2ccccc2)n(C)n1. The molecule has 5 nitrogen and oxygen atoms in total. The predicted molar refractivity (Wildman–Crippen MR) is 77.7 cm³/mol. The number of rotatable bonds is 5. The van der Waals surface area contributed by atoms with Crippen LogP contribution in [0.1, 0.15) is 23.0 Å². The number of nitrogens with zero attached hydrogens (tertiary/aromatic N) is 3. The Morgan fingerprint density at radius 3 is 2.70 bits per heavy atom. The van der Waals surface area contributed by atoms with Gasteiger partial charge in [0.1, 0.15) is 5.82 Å². The molecule has 0 amide bonds. The van der Waals surface area contributed by atoms with Gasteiger partial charge in [-0.2, -0.15) is 5.10 Å². The molecule has 0 N–H and O–H groups in total. The van der Waals surface area contributed by atoms with Crippen molar-refractivity contribution in [2.75, 3.05) is 18.6 Å². The van der Waals surface area contributed by atoms with Crippen LogP contribution in [0.4, 0.5) is 5.82 Å². The Morgan fingerprint density at radius 1 is 1.35 bits per heavy atom. The number of ether oxygens (including phenoxy) is 1. The van der Waals surface area contributed by atoms with E-state index in [9.17, 15) is 4.79 Å². The molecule has 0 saturated heterocycles. The standard InChI is InChI=1S/C15H19N3O2/c1-4-20-15(19)13-10-14(18(3)16-13)17(2)11-12-8-6-5-7-9-12/h5-10H,4,11H2,1-3H3. The maximum absolute atomic E-state index is 11.7. The molecule has 0 bridgehead atoms. The van der Waals surface area contributed by atoms with Crippen LogP contribution in [0.3, 0.4) is 0 Å². The molecule has 0 fully saturated rings. The second-order valence-corrected chi connectivity index (χ2v) is 4.57. The van der Waals surface area contributed by atoms with Crippen LogP contribution >= 0.6 is 0 Å². The van der Waals surface area contributed by atoms with Gasteiger partial charge >= 0.3 is 5.97 Å². The molecule has 1 aromatic carbocycles. The lowest BCUT2D eigenvalue weighted by atomic mass is 10.2. The summed E-state index contributed by atoms with van der Waals surface area (Å²) in [5, 5.41) is 4.19. The zero-order chi connectivity index (χ0) is 14.5. The van der Waals surface area contributed by atoms with Gasteiger partial charge in [0, 0.05) is 26.7 Å². The molecule has 0 aliphatic heterocycles. The van der Waals surface area contributed by atoms with Gasteiger partial charge < -0.3 is 9.64 Å². The fraction of sp³-hybridized carbons (Fsp3) is 0.333. The quantitative estimate of drug-likeness (QED) is 0.784. The fourth-order valence-corrected chi connectivity index (χ4v) is 2.06. The molecule has 0 saturated carbocycles. The monoisotopic (exact) mass is 273 g/mol. The molecule has 1 heterocycles. The Kier molecular flexibility index (Phi) is 4.40. The number of aryl methyl sites for hydroxylation is 1. The van der Waals surface area contributed by atoms with E-state index in [0.717, 1.165) is 12.4 Å². The summed E-state index contributed by atoms with van der Waals surface area (Å²) >= 11 is 0. The first-order valence-electron chi connectivity index (χ1n) is 6.58. The molecule has 5 heteroatoms. The minimum Gasteiger partial charge on any atom is -0.461 e. The number of benzene rings is 1. The highest BCUT2D eigenvalue weighted by molar-refractivity contribution is 5.88. The van der Waals surface area contributed by atoms with Crippen LogP contribution in [0, 0.1) is 0 Å². The molecule has 0 spiro atoms. The van der Waals surface area contributed by atoms with Crippen LogP contribution < -0.4 is 4.90 Å². The summed E-state index contributed by atoms with van der Waals surface area (Å²) in [6.07, 6.45) is 0. The molecule has 1 aromatic heterocycles. The van der Waals surface area contributed by atoms with Crippen molar-refractivity contribution in [3.63, 3.8) is 0 Å². The van der Waals surface area contributed by atoms with E-state index in [1.807, 2.05) is 37.2 Å². The minimum atomic E-state index is -0.387. The third-order valence-corrected chi connectivity index (χ3v) is 2.99. The molecule has 0 aliphatic carbocycles. The molecular formula is C15H19N3O2. The maximum atomic E-state index is 11.7. The van der Waals surface area contributed by atoms with Gasteiger partial charge in [0.2, 0.25) is 0 Å². The first-order chi connectivity index (χ1) is 9.61. The molecular weight excluding hydrogens is 254 g/mol. The van der Waals surface area contributed by atoms with Gasteiger partial charge in [0.15, 0.2) is 5.69 Å². The van der Waals surface area contributed by atoms with Crippen LogP contribution in [0.15, 0.2) is 36.4 Å². The average molecular weight is 273 g/mol. The number of anilines is 1. The Morgan fingerprint density at radius 2 is 2.05 bits per heavy atom. The van der Waals surface area contributed by atoms with E-state index < -0.39 is 0 Å². The molecule has 2 rings (SSSR count). The third-order valence-electron chi connectivity index (χ3n) is 2.99. The van der Waals surface area contributed by atoms with Crippen LogP contribution in [-0.4, -0.2) is 29.4 Å². The Labute approximate surface area is 118 Å². The number of carbonyl (C=O) groups is 1. The minimum absolute atomic E-state index is 0.337. The lowest BCUT2D eigenvalue weighted by Gasteiger charge is -2.18. The lowest BCUT2D eigenvalue weighted by Crippen LogP contribution is -2.19. The molecule has 20 heavy (non-hydrogen) atoms. The molecule has 2 aromatic rings. The molecule has 0 radical (unpaired) electrons. The predicted octanol–water partition coefficient (Wildman–Crippen LogP) is 2.23. The van der Waals surface area contributed by atoms with E-state index in [4.69, 9.17) is 4.74 Å². The first-order valence-corrected chi connectivity index (χ1v) is 6.58. The second-order valence-electron chi connectivity index (χ2n) is 4.57. The van der Waals surface area contributed by atoms with Gasteiger partial charge in [-0.3, -0.25) is 4.68 Å². The van der Waals surface area contributed by atoms with Gasteiger partial charge in [-0.25, -0.2) is 4.79 Å². The summed E-state index contributed by atoms with van der Waals surface area (Å²) in [5.41, 5.74) is 1.54. The van der Waals surface area contributed by atoms with Gasteiger partial charge in [0.25, 0.3) is 0 Å². The van der Waals surface area contributed by atoms with Crippen LogP contribution in [0.5, 0.6) is 0 Å². The van der Waals surface area contributed by atoms with Crippen molar-refractivity contribution in [2.24, 2.45) is 7.05 Å². The summed E-state index contributed by atoms with van der Waals surface area (Å²) in [7, 11) is 3.79. The van der Waals surface area contributed by atoms with E-state index in [1.165, 1.54) is 5.56 Å². The largest absolute Gasteiger partial charge is 0.461 e. The summed E-state index contributed by atoms with van der Waals surface area (Å²) in [5.74, 6) is 0.486. The van der Waals surface area contributed by atoms with Gasteiger partial charge in [0.05, 0.1) is 6.61 Å². The number of hydrogen-bond donors (Lipinski definition) is 0. The smallest absolute Gasteiger partial charge is 0.358 e. The zero-order valence-corrected chi connectivity index (χ0v) is 12.0. The maximum Gasteiger partial charge on any atom is 0.358 e. The van der Waals surface area contributed by atoms with E-state index >= 15 is 0 Å². The van der Waals surface area contributed by atoms with E-state index in [0.29, 0.717) is 12.3 Å². The van der Waals surface area contributed by atoms with Gasteiger partial charge in [-0.1, -0.05) is 30.3 Å². The number of esters is 1. The van der Waals surface area contributed by atoms with Gasteiger partial charge in [-0.05, 0) is 12.5 Å². The summed E-state index contributed by atoms with van der Waals surface area (Å²) in [6.45, 7) is 2.89. The Hall–Kier alpha value is -2.30. The zero-order valence-electron chi connectivity index (χ0n) is 12.0. The number of carbonyl (C=O) groups excluding carboxylic acids is 1. The highest BCUT2D eigenvalue weighted by Crippen LogP contribution is 2.17. The molecule has 0 aliphatic rings. The van der Waals surface area contributed by atoms with Crippen molar-refractivity contribution in [2.45, 2.75) is 13.5 Å². The van der Waals surface area contributed by atoms with Crippen LogP contribution in [0.25, 0.3) is 0 Å². The Balaban J connectivity index is 2.14. The molecule has 0 atom stereocenters. The average Bonchev–Trinajstić information content (AvgIpc) is 2.82. The lowest BCUT2D eigenvalue weighted by molar-refractivity contribution is 0.0518. The van der Waals surface area contributed by atoms with Crippen molar-refractivity contribution < 1.29 is 9.53 Å². The van der Waals surface area contributed by atoms with E-state index in [-0.39, 0.29) is 5.97 Å². The van der Waals surface area contributed by atoms with E-state index in [2.05, 4.69) is 17.2 Å². The fourth-order valence-electron chi connectivity index (χ4n) is 2.06. The summed E-state index contributed by atoms with van der Waals surface area (Å²) < 4.78 is 6.65. The second kappa shape index (κ2) is 6.23. The van der Waals surface area contributed by atoms with Crippen LogP contribution in [-0.2, 0) is 18.3 Å². The topological polar surface area (TPSA) is 47.4 Å². The third kappa shape index (κ3) is 3.17. The van der Waals surface area contributed by atoms with Crippen molar-refractivity contribution in [1.82, 2.24) is 9.78 Å². The van der Waals surface area contributed by atoms with Crippen molar-refractivity contribution in [3.8, 4) is 0 Å². The highest BCUT2D eigenvalue weighted by atomic mass is 16.5. The summed E-state index contributed by atoms with van der Waals surface area (Å²) in [4.78, 5) is 13.7. The van der Waals surface area contributed by atoms with Gasteiger partial charge in [-0.15, -0.1) is 0 Å². The summed E-state index contributed by atoms with van der Waals surface area (Å²) in [6, 6.07) is 11.9. The van der Waals surface area contributed by atoms with Crippen molar-refractivity contribution >= 4 is 11.8 Å². The van der Waals surface area contributed by atoms with E-state index in [1.54, 1.807) is 17.7 Å². The van der Waals surface area contributed by atoms with Crippen molar-refractivity contribution in [1.29, 1.82) is 0 Å².